The van der Waals surface area contributed by atoms with Crippen molar-refractivity contribution in [3.63, 3.8) is 0 Å². The number of carboxylic acid groups (broad SMARTS) is 1. The minimum Gasteiger partial charge on any atom is -0.480 e. The molecule has 20 heavy (non-hydrogen) atoms. The number of hydrogen-bond donors (Lipinski definition) is 3. The van der Waals surface area contributed by atoms with Crippen molar-refractivity contribution in [2.45, 2.75) is 30.2 Å². The van der Waals surface area contributed by atoms with Crippen LogP contribution in [0.1, 0.15) is 19.3 Å². The fourth-order valence-corrected chi connectivity index (χ4v) is 3.80. The van der Waals surface area contributed by atoms with Crippen LogP contribution in [0.4, 0.5) is 0 Å². The number of aliphatic carboxylic acids is 1. The van der Waals surface area contributed by atoms with Crippen LogP contribution in [0.5, 0.6) is 0 Å². The van der Waals surface area contributed by atoms with E-state index in [0.717, 1.165) is 10.5 Å². The second-order valence-electron chi connectivity index (χ2n) is 4.40. The van der Waals surface area contributed by atoms with Gasteiger partial charge in [0, 0.05) is 12.7 Å². The largest absolute Gasteiger partial charge is 0.480 e. The summed E-state index contributed by atoms with van der Waals surface area (Å²) in [5.41, 5.74) is -1.90. The summed E-state index contributed by atoms with van der Waals surface area (Å²) >= 11 is 0. The molecule has 1 fully saturated rings. The summed E-state index contributed by atoms with van der Waals surface area (Å²) in [4.78, 5) is 36.8. The first-order valence-corrected chi connectivity index (χ1v) is 7.34. The van der Waals surface area contributed by atoms with Gasteiger partial charge in [-0.15, -0.1) is 0 Å². The van der Waals surface area contributed by atoms with Gasteiger partial charge < -0.3 is 10.1 Å². The van der Waals surface area contributed by atoms with E-state index in [1.807, 2.05) is 4.98 Å². The SMILES string of the molecule is O=C(O)[C@@H]1CCCCN1S(=O)(=O)c1c[nH]c(=O)[nH]c1=O. The maximum absolute atomic E-state index is 12.4. The molecule has 0 saturated carbocycles. The van der Waals surface area contributed by atoms with Gasteiger partial charge in [-0.1, -0.05) is 0 Å². The van der Waals surface area contributed by atoms with Crippen LogP contribution in [-0.2, 0) is 14.8 Å². The third-order valence-corrected chi connectivity index (χ3v) is 5.02. The van der Waals surface area contributed by atoms with E-state index >= 15 is 0 Å². The van der Waals surface area contributed by atoms with Crippen molar-refractivity contribution < 1.29 is 18.3 Å². The Hall–Kier alpha value is -1.94. The molecule has 1 saturated heterocycles. The van der Waals surface area contributed by atoms with Crippen molar-refractivity contribution >= 4 is 16.0 Å². The normalized spacial score (nSPS) is 20.7. The van der Waals surface area contributed by atoms with Crippen LogP contribution in [0.25, 0.3) is 0 Å². The molecule has 1 aliphatic heterocycles. The fraction of sp³-hybridized carbons (Fsp3) is 0.500. The zero-order chi connectivity index (χ0) is 14.9. The van der Waals surface area contributed by atoms with Crippen LogP contribution in [-0.4, -0.2) is 46.4 Å². The lowest BCUT2D eigenvalue weighted by Crippen LogP contribution is -2.49. The Balaban J connectivity index is 2.50. The van der Waals surface area contributed by atoms with Crippen LogP contribution in [0.15, 0.2) is 20.7 Å². The van der Waals surface area contributed by atoms with Gasteiger partial charge in [0.1, 0.15) is 6.04 Å². The first-order chi connectivity index (χ1) is 9.34. The number of carbonyl (C=O) groups is 1. The zero-order valence-corrected chi connectivity index (χ0v) is 11.1. The molecule has 0 spiro atoms. The lowest BCUT2D eigenvalue weighted by molar-refractivity contribution is -0.142. The Kier molecular flexibility index (Phi) is 3.77. The Labute approximate surface area is 113 Å². The molecule has 9 nitrogen and oxygen atoms in total. The molecule has 0 bridgehead atoms. The third kappa shape index (κ3) is 2.51. The molecule has 3 N–H and O–H groups in total. The summed E-state index contributed by atoms with van der Waals surface area (Å²) in [5, 5.41) is 9.08. The average molecular weight is 303 g/mol. The molecule has 1 aliphatic rings. The van der Waals surface area contributed by atoms with E-state index in [-0.39, 0.29) is 13.0 Å². The highest BCUT2D eigenvalue weighted by Gasteiger charge is 2.38. The molecule has 0 aliphatic carbocycles. The summed E-state index contributed by atoms with van der Waals surface area (Å²) in [6, 6.07) is -1.19. The maximum atomic E-state index is 12.4. The highest BCUT2D eigenvalue weighted by molar-refractivity contribution is 7.89. The van der Waals surface area contributed by atoms with E-state index in [0.29, 0.717) is 12.8 Å². The van der Waals surface area contributed by atoms with Crippen molar-refractivity contribution in [1.82, 2.24) is 14.3 Å². The number of hydrogen-bond acceptors (Lipinski definition) is 5. The molecule has 0 aromatic carbocycles. The Morgan fingerprint density at radius 3 is 2.65 bits per heavy atom. The number of sulfonamides is 1. The second-order valence-corrected chi connectivity index (χ2v) is 6.26. The van der Waals surface area contributed by atoms with E-state index in [2.05, 4.69) is 4.98 Å². The van der Waals surface area contributed by atoms with E-state index < -0.39 is 38.2 Å². The van der Waals surface area contributed by atoms with Crippen LogP contribution in [0.3, 0.4) is 0 Å². The highest BCUT2D eigenvalue weighted by Crippen LogP contribution is 2.23. The van der Waals surface area contributed by atoms with E-state index in [9.17, 15) is 22.8 Å². The smallest absolute Gasteiger partial charge is 0.325 e. The van der Waals surface area contributed by atoms with Gasteiger partial charge in [0.2, 0.25) is 0 Å². The first-order valence-electron chi connectivity index (χ1n) is 5.90. The summed E-state index contributed by atoms with van der Waals surface area (Å²) < 4.78 is 25.5. The topological polar surface area (TPSA) is 140 Å². The van der Waals surface area contributed by atoms with E-state index in [4.69, 9.17) is 5.11 Å². The lowest BCUT2D eigenvalue weighted by atomic mass is 10.1. The Morgan fingerprint density at radius 2 is 2.05 bits per heavy atom. The van der Waals surface area contributed by atoms with Crippen molar-refractivity contribution in [3.8, 4) is 0 Å². The summed E-state index contributed by atoms with van der Waals surface area (Å²) in [7, 11) is -4.27. The molecule has 2 heterocycles. The minimum atomic E-state index is -4.27. The van der Waals surface area contributed by atoms with Gasteiger partial charge in [-0.25, -0.2) is 13.2 Å². The minimum absolute atomic E-state index is 0.0257. The standard InChI is InChI=1S/C10H13N3O6S/c14-8-7(5-11-10(17)12-8)20(18,19)13-4-2-1-3-6(13)9(15)16/h5-6H,1-4H2,(H,15,16)(H2,11,12,14,17)/t6-/m0/s1. The lowest BCUT2D eigenvalue weighted by Gasteiger charge is -2.31. The van der Waals surface area contributed by atoms with Gasteiger partial charge in [0.05, 0.1) is 0 Å². The summed E-state index contributed by atoms with van der Waals surface area (Å²) in [5.74, 6) is -1.26. The summed E-state index contributed by atoms with van der Waals surface area (Å²) in [6.45, 7) is 0.0257. The number of aromatic nitrogens is 2. The molecule has 0 unspecified atom stereocenters. The Bertz CT molecular complexity index is 734. The predicted molar refractivity (Wildman–Crippen MR) is 66.9 cm³/mol. The van der Waals surface area contributed by atoms with Gasteiger partial charge >= 0.3 is 11.7 Å². The van der Waals surface area contributed by atoms with E-state index in [1.165, 1.54) is 0 Å². The molecular formula is C10H13N3O6S. The first kappa shape index (κ1) is 14.5. The highest BCUT2D eigenvalue weighted by atomic mass is 32.2. The van der Waals surface area contributed by atoms with Crippen molar-refractivity contribution in [3.05, 3.63) is 27.0 Å². The number of nitrogens with one attached hydrogen (secondary N) is 2. The van der Waals surface area contributed by atoms with Crippen LogP contribution < -0.4 is 11.2 Å². The number of rotatable bonds is 3. The molecule has 10 heteroatoms. The van der Waals surface area contributed by atoms with Gasteiger partial charge in [0.25, 0.3) is 15.6 Å². The number of H-pyrrole nitrogens is 2. The molecule has 2 rings (SSSR count). The molecule has 0 amide bonds. The van der Waals surface area contributed by atoms with Gasteiger partial charge in [-0.2, -0.15) is 4.31 Å². The number of piperidine rings is 1. The molecule has 110 valence electrons. The second kappa shape index (κ2) is 5.21. The van der Waals surface area contributed by atoms with Crippen molar-refractivity contribution in [2.24, 2.45) is 0 Å². The average Bonchev–Trinajstić information content (AvgIpc) is 2.38. The summed E-state index contributed by atoms with van der Waals surface area (Å²) in [6.07, 6.45) is 2.09. The molecule has 1 atom stereocenters. The van der Waals surface area contributed by atoms with Crippen molar-refractivity contribution in [1.29, 1.82) is 0 Å². The van der Waals surface area contributed by atoms with E-state index in [1.54, 1.807) is 0 Å². The fourth-order valence-electron chi connectivity index (χ4n) is 2.15. The Morgan fingerprint density at radius 1 is 1.35 bits per heavy atom. The molecule has 1 aromatic heterocycles. The predicted octanol–water partition coefficient (Wildman–Crippen LogP) is -1.31. The number of carboxylic acids is 1. The molecular weight excluding hydrogens is 290 g/mol. The number of aromatic amines is 2. The maximum Gasteiger partial charge on any atom is 0.325 e. The number of nitrogens with zero attached hydrogens (tertiary/aromatic N) is 1. The van der Waals surface area contributed by atoms with Crippen LogP contribution in [0.2, 0.25) is 0 Å². The van der Waals surface area contributed by atoms with Crippen LogP contribution >= 0.6 is 0 Å². The van der Waals surface area contributed by atoms with Gasteiger partial charge in [0.15, 0.2) is 4.90 Å². The quantitative estimate of drug-likeness (QED) is 0.633. The monoisotopic (exact) mass is 303 g/mol. The zero-order valence-electron chi connectivity index (χ0n) is 10.3. The molecule has 0 radical (unpaired) electrons. The van der Waals surface area contributed by atoms with Crippen LogP contribution in [0, 0.1) is 0 Å². The third-order valence-electron chi connectivity index (χ3n) is 3.11. The van der Waals surface area contributed by atoms with Gasteiger partial charge in [-0.3, -0.25) is 14.6 Å². The molecule has 1 aromatic rings. The van der Waals surface area contributed by atoms with Gasteiger partial charge in [-0.05, 0) is 19.3 Å². The van der Waals surface area contributed by atoms with Crippen molar-refractivity contribution in [2.75, 3.05) is 6.54 Å².